The Morgan fingerprint density at radius 3 is 2.39 bits per heavy atom. The van der Waals surface area contributed by atoms with E-state index in [4.69, 9.17) is 5.73 Å². The van der Waals surface area contributed by atoms with Crippen molar-refractivity contribution in [2.45, 2.75) is 25.1 Å². The molecule has 18 heavy (non-hydrogen) atoms. The highest BCUT2D eigenvalue weighted by molar-refractivity contribution is 5.78. The zero-order chi connectivity index (χ0) is 13.9. The largest absolute Gasteiger partial charge is 0.393 e. The zero-order valence-corrected chi connectivity index (χ0v) is 10.7. The first-order valence-electron chi connectivity index (χ1n) is 5.96. The van der Waals surface area contributed by atoms with Crippen LogP contribution in [0.1, 0.15) is 12.8 Å². The Kier molecular flexibility index (Phi) is 4.98. The Bertz CT molecular complexity index is 294. The number of likely N-dealkylation sites (tertiary alicyclic amines) is 1. The van der Waals surface area contributed by atoms with E-state index in [2.05, 4.69) is 0 Å². The lowest BCUT2D eigenvalue weighted by Crippen LogP contribution is -2.39. The third-order valence-electron chi connectivity index (χ3n) is 3.18. The fraction of sp³-hybridized carbons (Fsp3) is 0.909. The molecule has 1 amide bonds. The molecular formula is C11H20F3N3O. The molecule has 1 fully saturated rings. The Labute approximate surface area is 105 Å². The van der Waals surface area contributed by atoms with Crippen molar-refractivity contribution in [1.29, 1.82) is 0 Å². The summed E-state index contributed by atoms with van der Waals surface area (Å²) in [5.41, 5.74) is 5.56. The molecule has 0 spiro atoms. The van der Waals surface area contributed by atoms with Crippen molar-refractivity contribution in [3.8, 4) is 0 Å². The quantitative estimate of drug-likeness (QED) is 0.800. The van der Waals surface area contributed by atoms with Gasteiger partial charge in [0.25, 0.3) is 0 Å². The molecule has 1 saturated heterocycles. The van der Waals surface area contributed by atoms with Crippen LogP contribution in [0.15, 0.2) is 0 Å². The van der Waals surface area contributed by atoms with Gasteiger partial charge in [0.1, 0.15) is 0 Å². The minimum absolute atomic E-state index is 0.107. The average Bonchev–Trinajstić information content (AvgIpc) is 2.37. The van der Waals surface area contributed by atoms with Crippen LogP contribution in [0.5, 0.6) is 0 Å². The first-order chi connectivity index (χ1) is 8.21. The molecule has 7 heteroatoms. The second kappa shape index (κ2) is 5.88. The lowest BCUT2D eigenvalue weighted by molar-refractivity contribution is -0.181. The third kappa shape index (κ3) is 4.13. The number of likely N-dealkylation sites (N-methyl/N-ethyl adjacent to an activating group) is 1. The fourth-order valence-corrected chi connectivity index (χ4v) is 2.15. The highest BCUT2D eigenvalue weighted by atomic mass is 19.4. The number of carbonyl (C=O) groups excluding carboxylic acids is 1. The molecule has 2 unspecified atom stereocenters. The third-order valence-corrected chi connectivity index (χ3v) is 3.18. The number of amides is 1. The molecule has 1 heterocycles. The van der Waals surface area contributed by atoms with E-state index in [1.165, 1.54) is 4.90 Å². The Hall–Kier alpha value is -0.820. The number of hydrogen-bond donors (Lipinski definition) is 1. The number of alkyl halides is 3. The van der Waals surface area contributed by atoms with Gasteiger partial charge in [-0.15, -0.1) is 0 Å². The molecule has 1 rings (SSSR count). The van der Waals surface area contributed by atoms with Gasteiger partial charge < -0.3 is 15.5 Å². The zero-order valence-electron chi connectivity index (χ0n) is 10.7. The fourth-order valence-electron chi connectivity index (χ4n) is 2.15. The molecule has 0 bridgehead atoms. The molecule has 1 aliphatic rings. The molecule has 0 aliphatic carbocycles. The van der Waals surface area contributed by atoms with Crippen LogP contribution in [0.25, 0.3) is 0 Å². The summed E-state index contributed by atoms with van der Waals surface area (Å²) in [4.78, 5) is 15.0. The Morgan fingerprint density at radius 1 is 1.33 bits per heavy atom. The molecule has 4 nitrogen and oxygen atoms in total. The minimum Gasteiger partial charge on any atom is -0.342 e. The van der Waals surface area contributed by atoms with E-state index >= 15 is 0 Å². The lowest BCUT2D eigenvalue weighted by Gasteiger charge is -2.23. The van der Waals surface area contributed by atoms with Crippen molar-refractivity contribution in [3.63, 3.8) is 0 Å². The van der Waals surface area contributed by atoms with Crippen LogP contribution < -0.4 is 5.73 Å². The van der Waals surface area contributed by atoms with E-state index in [-0.39, 0.29) is 31.8 Å². The minimum atomic E-state index is -4.28. The van der Waals surface area contributed by atoms with Crippen molar-refractivity contribution >= 4 is 5.91 Å². The van der Waals surface area contributed by atoms with Crippen LogP contribution in [-0.2, 0) is 4.79 Å². The normalized spacial score (nSPS) is 26.3. The summed E-state index contributed by atoms with van der Waals surface area (Å²) >= 11 is 0. The van der Waals surface area contributed by atoms with Crippen LogP contribution >= 0.6 is 0 Å². The predicted molar refractivity (Wildman–Crippen MR) is 61.9 cm³/mol. The molecule has 2 atom stereocenters. The SMILES string of the molecule is CN(C)CC(=O)N1CCC(N)C(C(F)(F)F)CC1. The molecule has 0 aromatic heterocycles. The van der Waals surface area contributed by atoms with Crippen LogP contribution in [0.3, 0.4) is 0 Å². The van der Waals surface area contributed by atoms with Crippen LogP contribution in [-0.4, -0.2) is 61.7 Å². The predicted octanol–water partition coefficient (Wildman–Crippen LogP) is 0.676. The summed E-state index contributed by atoms with van der Waals surface area (Å²) in [6.07, 6.45) is -4.19. The van der Waals surface area contributed by atoms with Gasteiger partial charge in [0, 0.05) is 19.1 Å². The monoisotopic (exact) mass is 267 g/mol. The van der Waals surface area contributed by atoms with Crippen molar-refractivity contribution < 1.29 is 18.0 Å². The van der Waals surface area contributed by atoms with Crippen LogP contribution in [0.4, 0.5) is 13.2 Å². The molecule has 0 saturated carbocycles. The van der Waals surface area contributed by atoms with E-state index in [1.807, 2.05) is 0 Å². The van der Waals surface area contributed by atoms with Crippen LogP contribution in [0, 0.1) is 5.92 Å². The number of nitrogens with zero attached hydrogens (tertiary/aromatic N) is 2. The molecular weight excluding hydrogens is 247 g/mol. The van der Waals surface area contributed by atoms with Gasteiger partial charge in [0.15, 0.2) is 0 Å². The van der Waals surface area contributed by atoms with Crippen molar-refractivity contribution in [1.82, 2.24) is 9.80 Å². The molecule has 0 aromatic rings. The van der Waals surface area contributed by atoms with E-state index in [9.17, 15) is 18.0 Å². The molecule has 0 radical (unpaired) electrons. The number of rotatable bonds is 2. The maximum Gasteiger partial charge on any atom is 0.393 e. The van der Waals surface area contributed by atoms with E-state index in [1.54, 1.807) is 19.0 Å². The Balaban J connectivity index is 2.62. The van der Waals surface area contributed by atoms with Crippen molar-refractivity contribution in [3.05, 3.63) is 0 Å². The van der Waals surface area contributed by atoms with Gasteiger partial charge in [0.2, 0.25) is 5.91 Å². The van der Waals surface area contributed by atoms with Crippen LogP contribution in [0.2, 0.25) is 0 Å². The average molecular weight is 267 g/mol. The second-order valence-electron chi connectivity index (χ2n) is 5.01. The van der Waals surface area contributed by atoms with Gasteiger partial charge in [-0.25, -0.2) is 0 Å². The molecule has 2 N–H and O–H groups in total. The summed E-state index contributed by atoms with van der Waals surface area (Å²) < 4.78 is 38.2. The molecule has 106 valence electrons. The number of carbonyl (C=O) groups is 1. The molecule has 1 aliphatic heterocycles. The molecule has 0 aromatic carbocycles. The van der Waals surface area contributed by atoms with E-state index in [0.717, 1.165) is 0 Å². The highest BCUT2D eigenvalue weighted by Gasteiger charge is 2.44. The number of hydrogen-bond acceptors (Lipinski definition) is 3. The highest BCUT2D eigenvalue weighted by Crippen LogP contribution is 2.33. The summed E-state index contributed by atoms with van der Waals surface area (Å²) in [5.74, 6) is -1.65. The van der Waals surface area contributed by atoms with E-state index < -0.39 is 18.1 Å². The number of halogens is 3. The smallest absolute Gasteiger partial charge is 0.342 e. The summed E-state index contributed by atoms with van der Waals surface area (Å²) in [6.45, 7) is 0.650. The van der Waals surface area contributed by atoms with Gasteiger partial charge >= 0.3 is 6.18 Å². The first-order valence-corrected chi connectivity index (χ1v) is 5.96. The topological polar surface area (TPSA) is 49.6 Å². The van der Waals surface area contributed by atoms with Gasteiger partial charge in [0.05, 0.1) is 12.5 Å². The summed E-state index contributed by atoms with van der Waals surface area (Å²) in [5, 5.41) is 0. The van der Waals surface area contributed by atoms with Gasteiger partial charge in [-0.3, -0.25) is 4.79 Å². The van der Waals surface area contributed by atoms with Crippen molar-refractivity contribution in [2.24, 2.45) is 11.7 Å². The van der Waals surface area contributed by atoms with E-state index in [0.29, 0.717) is 6.54 Å². The maximum atomic E-state index is 12.7. The number of nitrogens with two attached hydrogens (primary N) is 1. The second-order valence-corrected chi connectivity index (χ2v) is 5.01. The summed E-state index contributed by atoms with van der Waals surface area (Å²) in [7, 11) is 3.50. The Morgan fingerprint density at radius 2 is 1.89 bits per heavy atom. The summed E-state index contributed by atoms with van der Waals surface area (Å²) in [6, 6.07) is -0.915. The van der Waals surface area contributed by atoms with Gasteiger partial charge in [-0.2, -0.15) is 13.2 Å². The maximum absolute atomic E-state index is 12.7. The standard InChI is InChI=1S/C11H20F3N3O/c1-16(2)7-10(18)17-5-3-8(11(12,13)14)9(15)4-6-17/h8-9H,3-7,15H2,1-2H3. The lowest BCUT2D eigenvalue weighted by atomic mass is 9.95. The van der Waals surface area contributed by atoms with Crippen molar-refractivity contribution in [2.75, 3.05) is 33.7 Å². The first kappa shape index (κ1) is 15.2. The van der Waals surface area contributed by atoms with Gasteiger partial charge in [-0.1, -0.05) is 0 Å². The van der Waals surface area contributed by atoms with Gasteiger partial charge in [-0.05, 0) is 26.9 Å².